The minimum atomic E-state index is -0.920. The van der Waals surface area contributed by atoms with Gasteiger partial charge in [0, 0.05) is 7.05 Å². The van der Waals surface area contributed by atoms with E-state index >= 15 is 0 Å². The zero-order valence-corrected chi connectivity index (χ0v) is 5.87. The van der Waals surface area contributed by atoms with Gasteiger partial charge in [-0.05, 0) is 6.92 Å². The first-order valence-electron chi connectivity index (χ1n) is 2.96. The maximum Gasteiger partial charge on any atom is 0.336 e. The smallest absolute Gasteiger partial charge is 0.336 e. The minimum Gasteiger partial charge on any atom is -0.478 e. The maximum absolute atomic E-state index is 10.4. The number of nitrogens with zero attached hydrogens (tertiary/aromatic N) is 1. The largest absolute Gasteiger partial charge is 0.478 e. The summed E-state index contributed by atoms with van der Waals surface area (Å²) in [5.74, 6) is -0.920. The topological polar surface area (TPSA) is 49.8 Å². The molecule has 4 nitrogen and oxygen atoms in total. The quantitative estimate of drug-likeness (QED) is 0.570. The molecule has 0 radical (unpaired) electrons. The lowest BCUT2D eigenvalue weighted by Crippen LogP contribution is -2.25. The van der Waals surface area contributed by atoms with Crippen LogP contribution in [0.3, 0.4) is 0 Å². The van der Waals surface area contributed by atoms with E-state index < -0.39 is 5.97 Å². The number of likely N-dealkylation sites (N-methyl/N-ethyl adjacent to an activating group) is 1. The van der Waals surface area contributed by atoms with E-state index in [4.69, 9.17) is 9.94 Å². The van der Waals surface area contributed by atoms with E-state index in [1.54, 1.807) is 14.0 Å². The van der Waals surface area contributed by atoms with Crippen molar-refractivity contribution in [3.05, 3.63) is 11.8 Å². The fourth-order valence-electron chi connectivity index (χ4n) is 0.755. The first-order chi connectivity index (χ1) is 4.63. The summed E-state index contributed by atoms with van der Waals surface area (Å²) in [5.41, 5.74) is 0.294. The molecule has 10 heavy (non-hydrogen) atoms. The van der Waals surface area contributed by atoms with E-state index in [0.29, 0.717) is 5.57 Å². The van der Waals surface area contributed by atoms with E-state index in [9.17, 15) is 4.79 Å². The summed E-state index contributed by atoms with van der Waals surface area (Å²) in [6, 6.07) is -0.155. The van der Waals surface area contributed by atoms with Crippen LogP contribution in [0.1, 0.15) is 6.92 Å². The molecule has 1 atom stereocenters. The Morgan fingerprint density at radius 1 is 1.90 bits per heavy atom. The summed E-state index contributed by atoms with van der Waals surface area (Å²) < 4.78 is 0. The van der Waals surface area contributed by atoms with Gasteiger partial charge < -0.3 is 9.94 Å². The standard InChI is InChI=1S/C6H9NO3/c1-4-5(6(8)9)3-10-7(4)2/h3-4H,1-2H3,(H,8,9). The predicted octanol–water partition coefficient (Wildman–Crippen LogP) is 0.220. The Kier molecular flexibility index (Phi) is 1.63. The van der Waals surface area contributed by atoms with Gasteiger partial charge in [-0.1, -0.05) is 0 Å². The Morgan fingerprint density at radius 3 is 2.70 bits per heavy atom. The molecular weight excluding hydrogens is 134 g/mol. The molecule has 0 amide bonds. The third-order valence-electron chi connectivity index (χ3n) is 1.59. The molecule has 1 rings (SSSR count). The molecule has 1 N–H and O–H groups in total. The third kappa shape index (κ3) is 0.974. The van der Waals surface area contributed by atoms with Gasteiger partial charge in [0.1, 0.15) is 6.26 Å². The van der Waals surface area contributed by atoms with Gasteiger partial charge >= 0.3 is 5.97 Å². The molecule has 0 aliphatic carbocycles. The van der Waals surface area contributed by atoms with Crippen LogP contribution in [0.15, 0.2) is 11.8 Å². The van der Waals surface area contributed by atoms with Crippen LogP contribution in [0.25, 0.3) is 0 Å². The van der Waals surface area contributed by atoms with Crippen molar-refractivity contribution in [1.29, 1.82) is 0 Å². The van der Waals surface area contributed by atoms with Crippen molar-refractivity contribution in [3.63, 3.8) is 0 Å². The molecule has 4 heteroatoms. The van der Waals surface area contributed by atoms with Gasteiger partial charge in [0.2, 0.25) is 0 Å². The molecule has 0 aromatic heterocycles. The fraction of sp³-hybridized carbons (Fsp3) is 0.500. The van der Waals surface area contributed by atoms with Crippen LogP contribution in [0.5, 0.6) is 0 Å². The second-order valence-electron chi connectivity index (χ2n) is 2.21. The lowest BCUT2D eigenvalue weighted by molar-refractivity contribution is -0.133. The molecule has 0 aromatic carbocycles. The van der Waals surface area contributed by atoms with Gasteiger partial charge in [-0.15, -0.1) is 5.06 Å². The van der Waals surface area contributed by atoms with Crippen LogP contribution in [-0.2, 0) is 9.63 Å². The Balaban J connectivity index is 2.72. The first kappa shape index (κ1) is 7.08. The molecule has 1 aliphatic rings. The number of hydroxylamine groups is 2. The number of hydrogen-bond acceptors (Lipinski definition) is 3. The second kappa shape index (κ2) is 2.30. The molecule has 0 saturated carbocycles. The number of carbonyl (C=O) groups is 1. The van der Waals surface area contributed by atoms with Gasteiger partial charge in [-0.3, -0.25) is 0 Å². The normalized spacial score (nSPS) is 25.8. The lowest BCUT2D eigenvalue weighted by Gasteiger charge is -2.13. The molecule has 0 aromatic rings. The zero-order chi connectivity index (χ0) is 7.72. The Bertz CT molecular complexity index is 187. The van der Waals surface area contributed by atoms with Crippen LogP contribution < -0.4 is 0 Å². The van der Waals surface area contributed by atoms with Crippen molar-refractivity contribution >= 4 is 5.97 Å². The average molecular weight is 143 g/mol. The monoisotopic (exact) mass is 143 g/mol. The molecule has 1 heterocycles. The molecule has 0 fully saturated rings. The van der Waals surface area contributed by atoms with Crippen molar-refractivity contribution in [2.45, 2.75) is 13.0 Å². The summed E-state index contributed by atoms with van der Waals surface area (Å²) in [4.78, 5) is 15.2. The first-order valence-corrected chi connectivity index (χ1v) is 2.96. The summed E-state index contributed by atoms with van der Waals surface area (Å²) in [7, 11) is 1.69. The highest BCUT2D eigenvalue weighted by atomic mass is 16.7. The predicted molar refractivity (Wildman–Crippen MR) is 34.0 cm³/mol. The van der Waals surface area contributed by atoms with Crippen LogP contribution in [0.4, 0.5) is 0 Å². The average Bonchev–Trinajstić information content (AvgIpc) is 2.14. The highest BCUT2D eigenvalue weighted by molar-refractivity contribution is 5.87. The van der Waals surface area contributed by atoms with Crippen molar-refractivity contribution in [2.24, 2.45) is 0 Å². The second-order valence-corrected chi connectivity index (χ2v) is 2.21. The zero-order valence-electron chi connectivity index (χ0n) is 5.87. The van der Waals surface area contributed by atoms with Crippen LogP contribution >= 0.6 is 0 Å². The molecule has 56 valence electrons. The fourth-order valence-corrected chi connectivity index (χ4v) is 0.755. The molecule has 1 unspecified atom stereocenters. The molecular formula is C6H9NO3. The van der Waals surface area contributed by atoms with E-state index in [2.05, 4.69) is 0 Å². The van der Waals surface area contributed by atoms with E-state index in [1.165, 1.54) is 11.3 Å². The molecule has 0 saturated heterocycles. The number of carboxylic acid groups (broad SMARTS) is 1. The summed E-state index contributed by atoms with van der Waals surface area (Å²) >= 11 is 0. The molecule has 0 spiro atoms. The van der Waals surface area contributed by atoms with E-state index in [1.807, 2.05) is 0 Å². The van der Waals surface area contributed by atoms with Crippen LogP contribution in [-0.4, -0.2) is 29.2 Å². The van der Waals surface area contributed by atoms with E-state index in [-0.39, 0.29) is 6.04 Å². The van der Waals surface area contributed by atoms with Crippen molar-refractivity contribution in [2.75, 3.05) is 7.05 Å². The molecule has 1 aliphatic heterocycles. The number of carboxylic acids is 1. The number of aliphatic carboxylic acids is 1. The van der Waals surface area contributed by atoms with Crippen molar-refractivity contribution < 1.29 is 14.7 Å². The third-order valence-corrected chi connectivity index (χ3v) is 1.59. The number of rotatable bonds is 1. The summed E-state index contributed by atoms with van der Waals surface area (Å²) in [5, 5.41) is 10.0. The summed E-state index contributed by atoms with van der Waals surface area (Å²) in [6.07, 6.45) is 1.26. The molecule has 0 bridgehead atoms. The van der Waals surface area contributed by atoms with Gasteiger partial charge in [0.25, 0.3) is 0 Å². The Hall–Kier alpha value is -1.03. The van der Waals surface area contributed by atoms with Gasteiger partial charge in [0.15, 0.2) is 0 Å². The highest BCUT2D eigenvalue weighted by Crippen LogP contribution is 2.16. The number of hydrogen-bond donors (Lipinski definition) is 1. The minimum absolute atomic E-state index is 0.155. The Labute approximate surface area is 58.7 Å². The van der Waals surface area contributed by atoms with Crippen LogP contribution in [0.2, 0.25) is 0 Å². The van der Waals surface area contributed by atoms with Gasteiger partial charge in [-0.25, -0.2) is 4.79 Å². The lowest BCUT2D eigenvalue weighted by atomic mass is 10.1. The van der Waals surface area contributed by atoms with Gasteiger partial charge in [-0.2, -0.15) is 0 Å². The van der Waals surface area contributed by atoms with Crippen LogP contribution in [0, 0.1) is 0 Å². The van der Waals surface area contributed by atoms with Crippen molar-refractivity contribution in [1.82, 2.24) is 5.06 Å². The van der Waals surface area contributed by atoms with E-state index in [0.717, 1.165) is 0 Å². The Morgan fingerprint density at radius 2 is 2.50 bits per heavy atom. The SMILES string of the molecule is CC1C(C(=O)O)=CON1C. The van der Waals surface area contributed by atoms with Gasteiger partial charge in [0.05, 0.1) is 11.6 Å². The van der Waals surface area contributed by atoms with Crippen molar-refractivity contribution in [3.8, 4) is 0 Å². The maximum atomic E-state index is 10.4. The summed E-state index contributed by atoms with van der Waals surface area (Å²) in [6.45, 7) is 1.77. The highest BCUT2D eigenvalue weighted by Gasteiger charge is 2.26.